The Morgan fingerprint density at radius 1 is 1.10 bits per heavy atom. The highest BCUT2D eigenvalue weighted by molar-refractivity contribution is 9.10. The lowest BCUT2D eigenvalue weighted by atomic mass is 10.00. The van der Waals surface area contributed by atoms with Gasteiger partial charge in [-0.1, -0.05) is 28.1 Å². The number of aromatic nitrogens is 2. The van der Waals surface area contributed by atoms with Crippen LogP contribution < -0.4 is 5.56 Å². The number of aliphatic hydroxyl groups excluding tert-OH is 1. The molecule has 0 saturated heterocycles. The molecule has 2 aromatic carbocycles. The van der Waals surface area contributed by atoms with E-state index in [9.17, 15) is 14.7 Å². The van der Waals surface area contributed by atoms with Crippen LogP contribution in [0.5, 0.6) is 0 Å². The molecule has 6 rings (SSSR count). The van der Waals surface area contributed by atoms with Crippen molar-refractivity contribution in [2.75, 3.05) is 0 Å². The predicted molar refractivity (Wildman–Crippen MR) is 111 cm³/mol. The van der Waals surface area contributed by atoms with Gasteiger partial charge in [-0.3, -0.25) is 4.79 Å². The molecule has 2 aromatic heterocycles. The van der Waals surface area contributed by atoms with Crippen molar-refractivity contribution in [1.82, 2.24) is 9.55 Å². The third kappa shape index (κ3) is 2.28. The number of carbonyl (C=O) groups is 1. The average Bonchev–Trinajstić information content (AvgIpc) is 3.07. The van der Waals surface area contributed by atoms with Crippen LogP contribution in [0.1, 0.15) is 22.8 Å². The molecule has 142 valence electrons. The van der Waals surface area contributed by atoms with Crippen LogP contribution in [0.2, 0.25) is 0 Å². The summed E-state index contributed by atoms with van der Waals surface area (Å²) in [4.78, 5) is 29.6. The number of hydrogen-bond donors (Lipinski definition) is 1. The Morgan fingerprint density at radius 2 is 1.97 bits per heavy atom. The Hall–Kier alpha value is -3.03. The number of benzene rings is 2. The van der Waals surface area contributed by atoms with Crippen molar-refractivity contribution in [2.45, 2.75) is 19.3 Å². The van der Waals surface area contributed by atoms with Crippen LogP contribution in [0.15, 0.2) is 51.7 Å². The first-order valence-electron chi connectivity index (χ1n) is 9.15. The van der Waals surface area contributed by atoms with Crippen molar-refractivity contribution in [1.29, 1.82) is 0 Å². The number of halogens is 1. The van der Waals surface area contributed by atoms with Crippen LogP contribution in [-0.2, 0) is 22.7 Å². The maximum absolute atomic E-state index is 13.0. The number of fused-ring (bicyclic) bond motifs is 7. The summed E-state index contributed by atoms with van der Waals surface area (Å²) in [5, 5.41) is 13.4. The second kappa shape index (κ2) is 5.75. The van der Waals surface area contributed by atoms with Gasteiger partial charge in [0.25, 0.3) is 5.56 Å². The minimum atomic E-state index is -1.44. The summed E-state index contributed by atoms with van der Waals surface area (Å²) in [6.45, 7) is 0.284. The molecule has 0 bridgehead atoms. The van der Waals surface area contributed by atoms with E-state index >= 15 is 0 Å². The zero-order valence-corrected chi connectivity index (χ0v) is 16.6. The van der Waals surface area contributed by atoms with Crippen LogP contribution >= 0.6 is 15.9 Å². The van der Waals surface area contributed by atoms with Gasteiger partial charge >= 0.3 is 5.97 Å². The molecule has 0 saturated carbocycles. The van der Waals surface area contributed by atoms with Gasteiger partial charge in [-0.25, -0.2) is 9.78 Å². The molecule has 4 heterocycles. The molecule has 2 aliphatic rings. The van der Waals surface area contributed by atoms with E-state index in [2.05, 4.69) is 34.1 Å². The molecule has 1 N–H and O–H groups in total. The summed E-state index contributed by atoms with van der Waals surface area (Å²) in [6, 6.07) is 13.9. The molecule has 0 amide bonds. The highest BCUT2D eigenvalue weighted by Crippen LogP contribution is 2.37. The molecule has 7 heteroatoms. The number of esters is 1. The predicted octanol–water partition coefficient (Wildman–Crippen LogP) is 3.43. The third-order valence-electron chi connectivity index (χ3n) is 5.74. The van der Waals surface area contributed by atoms with E-state index in [0.29, 0.717) is 29.1 Å². The van der Waals surface area contributed by atoms with Gasteiger partial charge in [0.1, 0.15) is 6.61 Å². The second-order valence-electron chi connectivity index (χ2n) is 7.36. The number of rotatable bonds is 0. The highest BCUT2D eigenvalue weighted by Gasteiger charge is 2.33. The van der Waals surface area contributed by atoms with E-state index in [1.165, 1.54) is 0 Å². The SMILES string of the molecule is O=C1OCc2c(cc3n(c2=O)Cc2cc4c(ccc5cc(Br)ccc54)nc2-3)C1O. The molecule has 0 fully saturated rings. The summed E-state index contributed by atoms with van der Waals surface area (Å²) >= 11 is 3.51. The lowest BCUT2D eigenvalue weighted by Crippen LogP contribution is -2.32. The van der Waals surface area contributed by atoms with E-state index in [-0.39, 0.29) is 12.2 Å². The van der Waals surface area contributed by atoms with Gasteiger partial charge in [0.2, 0.25) is 0 Å². The van der Waals surface area contributed by atoms with Crippen molar-refractivity contribution in [3.63, 3.8) is 0 Å². The number of aliphatic hydroxyl groups is 1. The van der Waals surface area contributed by atoms with E-state index in [4.69, 9.17) is 9.72 Å². The van der Waals surface area contributed by atoms with Crippen molar-refractivity contribution >= 4 is 43.6 Å². The van der Waals surface area contributed by atoms with Gasteiger partial charge in [-0.15, -0.1) is 0 Å². The first-order chi connectivity index (χ1) is 14.0. The molecule has 2 aliphatic heterocycles. The van der Waals surface area contributed by atoms with Gasteiger partial charge in [0.15, 0.2) is 6.10 Å². The Morgan fingerprint density at radius 3 is 2.83 bits per heavy atom. The molecular weight excluding hydrogens is 436 g/mol. The van der Waals surface area contributed by atoms with Gasteiger partial charge in [0, 0.05) is 21.0 Å². The molecule has 1 unspecified atom stereocenters. The fraction of sp³-hybridized carbons (Fsp3) is 0.136. The smallest absolute Gasteiger partial charge is 0.340 e. The summed E-state index contributed by atoms with van der Waals surface area (Å²) < 4.78 is 7.58. The Kier molecular flexibility index (Phi) is 3.34. The zero-order valence-electron chi connectivity index (χ0n) is 15.0. The highest BCUT2D eigenvalue weighted by atomic mass is 79.9. The van der Waals surface area contributed by atoms with E-state index in [1.54, 1.807) is 10.6 Å². The minimum Gasteiger partial charge on any atom is -0.458 e. The molecular formula is C22H13BrN2O4. The maximum Gasteiger partial charge on any atom is 0.340 e. The number of hydrogen-bond acceptors (Lipinski definition) is 5. The molecule has 0 aliphatic carbocycles. The van der Waals surface area contributed by atoms with Gasteiger partial charge in [-0.05, 0) is 41.1 Å². The monoisotopic (exact) mass is 448 g/mol. The minimum absolute atomic E-state index is 0.115. The number of pyridine rings is 2. The van der Waals surface area contributed by atoms with Crippen LogP contribution in [-0.4, -0.2) is 20.6 Å². The molecule has 6 nitrogen and oxygen atoms in total. The fourth-order valence-corrected chi connectivity index (χ4v) is 4.69. The van der Waals surface area contributed by atoms with E-state index in [0.717, 1.165) is 31.7 Å². The van der Waals surface area contributed by atoms with Crippen molar-refractivity contribution in [3.8, 4) is 11.4 Å². The molecule has 1 atom stereocenters. The quantitative estimate of drug-likeness (QED) is 0.290. The standard InChI is InChI=1S/C22H13BrN2O4/c23-12-2-3-13-10(5-12)1-4-17-14(13)6-11-8-25-18(19(11)24-17)7-15-16(21(25)27)9-29-22(28)20(15)26/h1-7,20,26H,8-9H2. The molecule has 29 heavy (non-hydrogen) atoms. The number of cyclic esters (lactones) is 1. The summed E-state index contributed by atoms with van der Waals surface area (Å²) in [5.74, 6) is -0.732. The summed E-state index contributed by atoms with van der Waals surface area (Å²) in [6.07, 6.45) is -1.44. The van der Waals surface area contributed by atoms with Crippen LogP contribution in [0, 0.1) is 0 Å². The normalized spacial score (nSPS) is 17.2. The summed E-state index contributed by atoms with van der Waals surface area (Å²) in [7, 11) is 0. The van der Waals surface area contributed by atoms with Crippen molar-refractivity contribution in [3.05, 3.63) is 74.0 Å². The average molecular weight is 449 g/mol. The van der Waals surface area contributed by atoms with E-state index < -0.39 is 12.1 Å². The Balaban J connectivity index is 1.62. The first-order valence-corrected chi connectivity index (χ1v) is 9.94. The second-order valence-corrected chi connectivity index (χ2v) is 8.27. The zero-order chi connectivity index (χ0) is 19.9. The van der Waals surface area contributed by atoms with Crippen molar-refractivity contribution in [2.24, 2.45) is 0 Å². The topological polar surface area (TPSA) is 81.4 Å². The van der Waals surface area contributed by atoms with Crippen LogP contribution in [0.3, 0.4) is 0 Å². The van der Waals surface area contributed by atoms with Gasteiger partial charge in [-0.2, -0.15) is 0 Å². The molecule has 4 aromatic rings. The Bertz CT molecular complexity index is 1460. The van der Waals surface area contributed by atoms with Crippen LogP contribution in [0.25, 0.3) is 33.1 Å². The van der Waals surface area contributed by atoms with Crippen molar-refractivity contribution < 1.29 is 14.6 Å². The fourth-order valence-electron chi connectivity index (χ4n) is 4.31. The largest absolute Gasteiger partial charge is 0.458 e. The van der Waals surface area contributed by atoms with Crippen LogP contribution in [0.4, 0.5) is 0 Å². The maximum atomic E-state index is 13.0. The molecule has 0 radical (unpaired) electrons. The lowest BCUT2D eigenvalue weighted by molar-refractivity contribution is -0.157. The lowest BCUT2D eigenvalue weighted by Gasteiger charge is -2.21. The van der Waals surface area contributed by atoms with E-state index in [1.807, 2.05) is 18.2 Å². The van der Waals surface area contributed by atoms with Gasteiger partial charge in [0.05, 0.1) is 29.0 Å². The number of nitrogens with zero attached hydrogens (tertiary/aromatic N) is 2. The summed E-state index contributed by atoms with van der Waals surface area (Å²) in [5.41, 5.74) is 3.49. The third-order valence-corrected chi connectivity index (χ3v) is 6.23. The Labute approximate surface area is 172 Å². The number of ether oxygens (including phenoxy) is 1. The number of carbonyl (C=O) groups excluding carboxylic acids is 1. The molecule has 0 spiro atoms. The van der Waals surface area contributed by atoms with Gasteiger partial charge < -0.3 is 14.4 Å². The first kappa shape index (κ1) is 16.9.